The molecule has 112 valence electrons. The Balaban J connectivity index is 2.05. The SMILES string of the molecule is Cc1ccc(C)c(S(=O)(=O)N2CCn3cccc3[C@@H]2C)c1. The van der Waals surface area contributed by atoms with Gasteiger partial charge in [-0.1, -0.05) is 12.1 Å². The molecule has 1 aromatic heterocycles. The minimum absolute atomic E-state index is 0.140. The summed E-state index contributed by atoms with van der Waals surface area (Å²) in [5, 5.41) is 0. The quantitative estimate of drug-likeness (QED) is 0.856. The van der Waals surface area contributed by atoms with Crippen molar-refractivity contribution in [2.24, 2.45) is 0 Å². The van der Waals surface area contributed by atoms with Gasteiger partial charge in [-0.15, -0.1) is 0 Å². The van der Waals surface area contributed by atoms with Crippen LogP contribution in [-0.2, 0) is 16.6 Å². The molecule has 1 aromatic carbocycles. The number of hydrogen-bond acceptors (Lipinski definition) is 2. The topological polar surface area (TPSA) is 42.3 Å². The van der Waals surface area contributed by atoms with Crippen LogP contribution in [0, 0.1) is 13.8 Å². The van der Waals surface area contributed by atoms with Crippen molar-refractivity contribution in [2.75, 3.05) is 6.54 Å². The molecule has 0 spiro atoms. The summed E-state index contributed by atoms with van der Waals surface area (Å²) in [5.41, 5.74) is 2.82. The zero-order chi connectivity index (χ0) is 15.2. The van der Waals surface area contributed by atoms with Gasteiger partial charge in [0.15, 0.2) is 0 Å². The summed E-state index contributed by atoms with van der Waals surface area (Å²) < 4.78 is 29.8. The predicted molar refractivity (Wildman–Crippen MR) is 82.7 cm³/mol. The highest BCUT2D eigenvalue weighted by molar-refractivity contribution is 7.89. The van der Waals surface area contributed by atoms with Crippen LogP contribution in [0.1, 0.15) is 29.8 Å². The standard InChI is InChI=1S/C16H20N2O2S/c1-12-6-7-13(2)16(11-12)21(19,20)18-10-9-17-8-4-5-15(17)14(18)3/h4-8,11,14H,9-10H2,1-3H3/t14-/m0/s1. The molecule has 21 heavy (non-hydrogen) atoms. The molecule has 2 aromatic rings. The summed E-state index contributed by atoms with van der Waals surface area (Å²) in [6.45, 7) is 6.94. The molecule has 1 aliphatic rings. The molecule has 0 radical (unpaired) electrons. The normalized spacial score (nSPS) is 19.5. The Labute approximate surface area is 126 Å². The zero-order valence-electron chi connectivity index (χ0n) is 12.6. The molecule has 0 saturated carbocycles. The molecular formula is C16H20N2O2S. The van der Waals surface area contributed by atoms with Gasteiger partial charge in [-0.05, 0) is 50.1 Å². The van der Waals surface area contributed by atoms with E-state index in [2.05, 4.69) is 4.57 Å². The largest absolute Gasteiger partial charge is 0.349 e. The first-order chi connectivity index (χ1) is 9.91. The van der Waals surface area contributed by atoms with Crippen molar-refractivity contribution in [1.29, 1.82) is 0 Å². The van der Waals surface area contributed by atoms with Gasteiger partial charge in [-0.25, -0.2) is 8.42 Å². The second-order valence-corrected chi connectivity index (χ2v) is 7.55. The van der Waals surface area contributed by atoms with E-state index < -0.39 is 10.0 Å². The summed E-state index contributed by atoms with van der Waals surface area (Å²) in [6.07, 6.45) is 2.01. The van der Waals surface area contributed by atoms with Crippen LogP contribution in [0.5, 0.6) is 0 Å². The van der Waals surface area contributed by atoms with Gasteiger partial charge in [-0.2, -0.15) is 4.31 Å². The summed E-state index contributed by atoms with van der Waals surface area (Å²) in [7, 11) is -3.47. The van der Waals surface area contributed by atoms with Crippen LogP contribution in [0.3, 0.4) is 0 Å². The average Bonchev–Trinajstić information content (AvgIpc) is 2.91. The molecule has 0 bridgehead atoms. The number of fused-ring (bicyclic) bond motifs is 1. The molecule has 0 fully saturated rings. The van der Waals surface area contributed by atoms with E-state index in [4.69, 9.17) is 0 Å². The maximum Gasteiger partial charge on any atom is 0.244 e. The molecule has 2 heterocycles. The van der Waals surface area contributed by atoms with Crippen molar-refractivity contribution >= 4 is 10.0 Å². The third-order valence-electron chi connectivity index (χ3n) is 4.22. The summed E-state index contributed by atoms with van der Waals surface area (Å²) >= 11 is 0. The predicted octanol–water partition coefficient (Wildman–Crippen LogP) is 2.87. The maximum atomic E-state index is 13.0. The van der Waals surface area contributed by atoms with Crippen LogP contribution in [0.15, 0.2) is 41.4 Å². The second-order valence-electron chi connectivity index (χ2n) is 5.69. The number of sulfonamides is 1. The lowest BCUT2D eigenvalue weighted by molar-refractivity contribution is 0.282. The van der Waals surface area contributed by atoms with Crippen molar-refractivity contribution in [3.05, 3.63) is 53.3 Å². The highest BCUT2D eigenvalue weighted by atomic mass is 32.2. The average molecular weight is 304 g/mol. The fourth-order valence-corrected chi connectivity index (χ4v) is 4.91. The van der Waals surface area contributed by atoms with Gasteiger partial charge in [0, 0.05) is 25.0 Å². The third-order valence-corrected chi connectivity index (χ3v) is 6.33. The van der Waals surface area contributed by atoms with Crippen LogP contribution < -0.4 is 0 Å². The highest BCUT2D eigenvalue weighted by Crippen LogP contribution is 2.32. The number of rotatable bonds is 2. The number of hydrogen-bond donors (Lipinski definition) is 0. The maximum absolute atomic E-state index is 13.0. The second kappa shape index (κ2) is 5.00. The lowest BCUT2D eigenvalue weighted by Crippen LogP contribution is -2.40. The molecule has 0 aliphatic carbocycles. The minimum Gasteiger partial charge on any atom is -0.349 e. The molecular weight excluding hydrogens is 284 g/mol. The fourth-order valence-electron chi connectivity index (χ4n) is 3.00. The first-order valence-corrected chi connectivity index (χ1v) is 8.59. The minimum atomic E-state index is -3.47. The van der Waals surface area contributed by atoms with E-state index in [-0.39, 0.29) is 6.04 Å². The van der Waals surface area contributed by atoms with Gasteiger partial charge in [-0.3, -0.25) is 0 Å². The smallest absolute Gasteiger partial charge is 0.244 e. The first kappa shape index (κ1) is 14.4. The molecule has 3 rings (SSSR count). The number of aromatic nitrogens is 1. The van der Waals surface area contributed by atoms with Crippen LogP contribution >= 0.6 is 0 Å². The van der Waals surface area contributed by atoms with Crippen molar-refractivity contribution in [3.8, 4) is 0 Å². The Hall–Kier alpha value is -1.59. The van der Waals surface area contributed by atoms with Gasteiger partial charge in [0.05, 0.1) is 10.9 Å². The Morgan fingerprint density at radius 2 is 1.90 bits per heavy atom. The van der Waals surface area contributed by atoms with Gasteiger partial charge < -0.3 is 4.57 Å². The first-order valence-electron chi connectivity index (χ1n) is 7.15. The molecule has 0 amide bonds. The number of aryl methyl sites for hydroxylation is 2. The lowest BCUT2D eigenvalue weighted by Gasteiger charge is -2.34. The molecule has 0 saturated heterocycles. The number of benzene rings is 1. The Bertz CT molecular complexity index is 777. The molecule has 1 atom stereocenters. The van der Waals surface area contributed by atoms with E-state index in [1.807, 2.05) is 51.2 Å². The van der Waals surface area contributed by atoms with Gasteiger partial charge >= 0.3 is 0 Å². The van der Waals surface area contributed by atoms with Crippen molar-refractivity contribution in [2.45, 2.75) is 38.3 Å². The lowest BCUT2D eigenvalue weighted by atomic mass is 10.2. The van der Waals surface area contributed by atoms with E-state index in [0.29, 0.717) is 18.0 Å². The molecule has 5 heteroatoms. The van der Waals surface area contributed by atoms with E-state index in [0.717, 1.165) is 16.8 Å². The number of nitrogens with zero attached hydrogens (tertiary/aromatic N) is 2. The van der Waals surface area contributed by atoms with Gasteiger partial charge in [0.2, 0.25) is 10.0 Å². The van der Waals surface area contributed by atoms with Gasteiger partial charge in [0.1, 0.15) is 0 Å². The van der Waals surface area contributed by atoms with Crippen molar-refractivity contribution < 1.29 is 8.42 Å². The van der Waals surface area contributed by atoms with Crippen LogP contribution in [0.4, 0.5) is 0 Å². The fraction of sp³-hybridized carbons (Fsp3) is 0.375. The van der Waals surface area contributed by atoms with Crippen LogP contribution in [0.25, 0.3) is 0 Å². The Kier molecular flexibility index (Phi) is 3.42. The van der Waals surface area contributed by atoms with Crippen molar-refractivity contribution in [1.82, 2.24) is 8.87 Å². The Morgan fingerprint density at radius 1 is 1.14 bits per heavy atom. The van der Waals surface area contributed by atoms with Gasteiger partial charge in [0.25, 0.3) is 0 Å². The third kappa shape index (κ3) is 2.30. The zero-order valence-corrected chi connectivity index (χ0v) is 13.4. The molecule has 0 N–H and O–H groups in total. The monoisotopic (exact) mass is 304 g/mol. The highest BCUT2D eigenvalue weighted by Gasteiger charge is 2.34. The Morgan fingerprint density at radius 3 is 2.67 bits per heavy atom. The summed E-state index contributed by atoms with van der Waals surface area (Å²) in [6, 6.07) is 9.41. The van der Waals surface area contributed by atoms with Crippen LogP contribution in [0.2, 0.25) is 0 Å². The van der Waals surface area contributed by atoms with E-state index in [1.165, 1.54) is 0 Å². The van der Waals surface area contributed by atoms with E-state index in [9.17, 15) is 8.42 Å². The van der Waals surface area contributed by atoms with E-state index in [1.54, 1.807) is 10.4 Å². The van der Waals surface area contributed by atoms with E-state index >= 15 is 0 Å². The molecule has 1 aliphatic heterocycles. The summed E-state index contributed by atoms with van der Waals surface area (Å²) in [5.74, 6) is 0. The summed E-state index contributed by atoms with van der Waals surface area (Å²) in [4.78, 5) is 0.425. The molecule has 0 unspecified atom stereocenters. The molecule has 4 nitrogen and oxygen atoms in total. The van der Waals surface area contributed by atoms with Crippen LogP contribution in [-0.4, -0.2) is 23.8 Å². The van der Waals surface area contributed by atoms with Crippen molar-refractivity contribution in [3.63, 3.8) is 0 Å².